The second-order valence-electron chi connectivity index (χ2n) is 24.4. The number of aromatic nitrogens is 1. The molecule has 542 valence electrons. The zero-order valence-corrected chi connectivity index (χ0v) is 58.0. The van der Waals surface area contributed by atoms with Crippen molar-refractivity contribution < 1.29 is 98.2 Å². The van der Waals surface area contributed by atoms with Gasteiger partial charge in [0.25, 0.3) is 0 Å². The monoisotopic (exact) mass is 1400 g/mol. The lowest BCUT2D eigenvalue weighted by Gasteiger charge is -2.41. The molecule has 1 aliphatic heterocycles. The first-order valence-electron chi connectivity index (χ1n) is 32.5. The molecule has 24 nitrogen and oxygen atoms in total. The number of anilines is 1. The van der Waals surface area contributed by atoms with Gasteiger partial charge in [-0.1, -0.05) is 83.5 Å². The Balaban J connectivity index is 0.965. The van der Waals surface area contributed by atoms with Crippen LogP contribution in [0.5, 0.6) is 5.75 Å². The third kappa shape index (κ3) is 24.9. The lowest BCUT2D eigenvalue weighted by Crippen LogP contribution is -2.62. The molecule has 1 aromatic heterocycles. The minimum absolute atomic E-state index is 0.00997. The lowest BCUT2D eigenvalue weighted by atomic mass is 9.89. The Bertz CT molecular complexity index is 3190. The number of carbonyl (C=O) groups is 8. The average Bonchev–Trinajstić information content (AvgIpc) is 0.879. The zero-order valence-electron chi connectivity index (χ0n) is 57.2. The molecule has 98 heavy (non-hydrogen) atoms. The molecule has 0 radical (unpaired) electrons. The molecule has 0 saturated carbocycles. The van der Waals surface area contributed by atoms with Crippen molar-refractivity contribution >= 4 is 64.5 Å². The molecule has 0 spiro atoms. The number of methoxy groups -OCH3 is 2. The van der Waals surface area contributed by atoms with E-state index in [-0.39, 0.29) is 121 Å². The summed E-state index contributed by atoms with van der Waals surface area (Å²) in [6, 6.07) is 14.0. The van der Waals surface area contributed by atoms with Gasteiger partial charge in [-0.3, -0.25) is 33.6 Å². The molecule has 5 rings (SSSR count). The minimum atomic E-state index is -2.39. The highest BCUT2D eigenvalue weighted by Gasteiger charge is 2.44. The van der Waals surface area contributed by atoms with E-state index in [1.165, 1.54) is 32.3 Å². The first-order chi connectivity index (χ1) is 46.7. The van der Waals surface area contributed by atoms with E-state index in [0.717, 1.165) is 10.6 Å². The van der Waals surface area contributed by atoms with E-state index in [9.17, 15) is 60.3 Å². The Morgan fingerprint density at radius 3 is 1.92 bits per heavy atom. The van der Waals surface area contributed by atoms with Crippen LogP contribution >= 0.6 is 11.3 Å². The number of benzene rings is 3. The summed E-state index contributed by atoms with van der Waals surface area (Å²) < 4.78 is 110. The number of thiazole rings is 1. The van der Waals surface area contributed by atoms with E-state index in [0.29, 0.717) is 43.5 Å². The van der Waals surface area contributed by atoms with Gasteiger partial charge >= 0.3 is 12.1 Å². The van der Waals surface area contributed by atoms with Crippen molar-refractivity contribution in [3.8, 4) is 5.75 Å². The van der Waals surface area contributed by atoms with Crippen LogP contribution in [-0.2, 0) is 79.7 Å². The van der Waals surface area contributed by atoms with E-state index in [4.69, 9.17) is 33.2 Å². The first kappa shape index (κ1) is 80.9. The maximum Gasteiger partial charge on any atom is 0.408 e. The number of halogens is 5. The van der Waals surface area contributed by atoms with Gasteiger partial charge in [-0.15, -0.1) is 11.3 Å². The molecule has 5 N–H and O–H groups in total. The maximum atomic E-state index is 14.6. The third-order valence-corrected chi connectivity index (χ3v) is 17.4. The summed E-state index contributed by atoms with van der Waals surface area (Å²) in [5.74, 6) is -17.8. The summed E-state index contributed by atoms with van der Waals surface area (Å²) in [5, 5.41) is 16.7. The number of carbonyl (C=O) groups excluding carboxylic acids is 8. The van der Waals surface area contributed by atoms with Gasteiger partial charge in [-0.25, -0.2) is 22.9 Å². The van der Waals surface area contributed by atoms with Crippen LogP contribution in [0.1, 0.15) is 116 Å². The normalized spacial score (nSPS) is 15.3. The van der Waals surface area contributed by atoms with E-state index < -0.39 is 113 Å². The molecule has 0 aliphatic carbocycles. The van der Waals surface area contributed by atoms with Gasteiger partial charge in [-0.2, -0.15) is 8.78 Å². The minimum Gasteiger partial charge on any atom is -0.445 e. The van der Waals surface area contributed by atoms with Crippen molar-refractivity contribution in [2.75, 3.05) is 92.5 Å². The van der Waals surface area contributed by atoms with E-state index in [2.05, 4.69) is 36.3 Å². The van der Waals surface area contributed by atoms with E-state index in [1.807, 2.05) is 56.5 Å². The highest BCUT2D eigenvalue weighted by molar-refractivity contribution is 7.09. The molecule has 2 heterocycles. The summed E-state index contributed by atoms with van der Waals surface area (Å²) in [5.41, 5.74) is 0.555. The largest absolute Gasteiger partial charge is 0.445 e. The van der Waals surface area contributed by atoms with Crippen LogP contribution in [0, 0.1) is 46.8 Å². The Hall–Kier alpha value is -7.74. The predicted octanol–water partition coefficient (Wildman–Crippen LogP) is 7.90. The summed E-state index contributed by atoms with van der Waals surface area (Å²) in [6.07, 6.45) is 1.34. The SMILES string of the molecule is CC[C@H](C)[C@@H]([C@@H](CC(=O)N1CCC[C@H]1[C@H](OC)[C@@H](C)C(=O)N[C@@H](Cc1ccccc1)c1nccs1)OC)N(C)C(=O)[C@@H](NC(=O)C(C)(C)NC(=O)OCc1ccc(NC(=O)CCOCCOCCNC(=O)CCOCCOCCC(=O)Oc2c(F)c(F)c(F)c(F)c2F)cc1)C(C)C. The number of amides is 7. The molecular weight excluding hydrogens is 1310 g/mol. The number of likely N-dealkylation sites (N-methyl/N-ethyl adjacent to an activating group) is 1. The summed E-state index contributed by atoms with van der Waals surface area (Å²) in [4.78, 5) is 115. The quantitative estimate of drug-likeness (QED) is 0.00703. The molecule has 30 heteroatoms. The first-order valence-corrected chi connectivity index (χ1v) is 33.4. The Morgan fingerprint density at radius 1 is 0.735 bits per heavy atom. The highest BCUT2D eigenvalue weighted by atomic mass is 32.1. The molecular formula is C68H93F5N8O16S. The lowest BCUT2D eigenvalue weighted by molar-refractivity contribution is -0.148. The number of alkyl carbamates (subject to hydrolysis) is 1. The number of ether oxygens (including phenoxy) is 8. The summed E-state index contributed by atoms with van der Waals surface area (Å²) >= 11 is 1.47. The van der Waals surface area contributed by atoms with Crippen LogP contribution in [0.25, 0.3) is 0 Å². The number of likely N-dealkylation sites (tertiary alicyclic amines) is 1. The van der Waals surface area contributed by atoms with Crippen molar-refractivity contribution in [1.82, 2.24) is 36.1 Å². The summed E-state index contributed by atoms with van der Waals surface area (Å²) in [6.45, 7) is 13.1. The average molecular weight is 1410 g/mol. The van der Waals surface area contributed by atoms with Crippen molar-refractivity contribution in [2.45, 2.75) is 148 Å². The van der Waals surface area contributed by atoms with E-state index >= 15 is 0 Å². The van der Waals surface area contributed by atoms with Gasteiger partial charge in [0.2, 0.25) is 70.3 Å². The fourth-order valence-electron chi connectivity index (χ4n) is 10.8. The Labute approximate surface area is 572 Å². The molecule has 1 aliphatic rings. The van der Waals surface area contributed by atoms with Gasteiger partial charge in [0, 0.05) is 58.0 Å². The highest BCUT2D eigenvalue weighted by Crippen LogP contribution is 2.32. The molecule has 0 unspecified atom stereocenters. The fraction of sp³-hybridized carbons (Fsp3) is 0.574. The summed E-state index contributed by atoms with van der Waals surface area (Å²) in [7, 11) is 4.69. The van der Waals surface area contributed by atoms with Crippen LogP contribution in [-0.4, -0.2) is 185 Å². The van der Waals surface area contributed by atoms with Gasteiger partial charge < -0.3 is 74.3 Å². The smallest absolute Gasteiger partial charge is 0.408 e. The second kappa shape index (κ2) is 41.0. The number of nitrogens with zero attached hydrogens (tertiary/aromatic N) is 3. The zero-order chi connectivity index (χ0) is 72.1. The fourth-order valence-corrected chi connectivity index (χ4v) is 11.5. The molecule has 7 amide bonds. The molecule has 3 aromatic carbocycles. The van der Waals surface area contributed by atoms with Crippen LogP contribution in [0.3, 0.4) is 0 Å². The third-order valence-electron chi connectivity index (χ3n) is 16.5. The number of nitrogens with one attached hydrogen (secondary N) is 5. The predicted molar refractivity (Wildman–Crippen MR) is 351 cm³/mol. The number of esters is 1. The van der Waals surface area contributed by atoms with Gasteiger partial charge in [0.05, 0.1) is 108 Å². The number of rotatable bonds is 42. The molecule has 4 aromatic rings. The molecule has 1 saturated heterocycles. The van der Waals surface area contributed by atoms with Gasteiger partial charge in [0.15, 0.2) is 0 Å². The molecule has 8 atom stereocenters. The van der Waals surface area contributed by atoms with Crippen LogP contribution in [0.4, 0.5) is 32.4 Å². The molecule has 1 fully saturated rings. The number of hydrogen-bond donors (Lipinski definition) is 5. The van der Waals surface area contributed by atoms with Crippen molar-refractivity contribution in [3.63, 3.8) is 0 Å². The number of hydrogen-bond acceptors (Lipinski definition) is 18. The van der Waals surface area contributed by atoms with Crippen LogP contribution < -0.4 is 31.3 Å². The topological polar surface area (TPSA) is 290 Å². The Morgan fingerprint density at radius 2 is 1.34 bits per heavy atom. The van der Waals surface area contributed by atoms with Gasteiger partial charge in [-0.05, 0) is 68.2 Å². The molecule has 0 bridgehead atoms. The second-order valence-corrected chi connectivity index (χ2v) is 25.3. The Kier molecular flexibility index (Phi) is 33.8. The van der Waals surface area contributed by atoms with Crippen LogP contribution in [0.15, 0.2) is 66.2 Å². The van der Waals surface area contributed by atoms with Crippen molar-refractivity contribution in [2.24, 2.45) is 17.8 Å². The standard InChI is InChI=1S/C68H93F5N8O16S/c1-11-42(4)60(49(90-9)39-52(84)81-28-15-18-48(81)61(91-10)43(5)63(86)77-47(64-75-27-37-98-64)38-44-16-13-12-14-17-44)80(8)65(87)59(41(2)3)78-66(88)68(6,7)79-67(89)96-40-45-19-21-46(22-20-45)76-51(83)24-30-93-35-36-95-32-26-74-50(82)23-29-92-33-34-94-31-25-53(85)97-62-57(72)55(70)54(69)56(71)58(62)73/h12-14,16-17,19-22,27,37,41-43,47-49,59-61H,11,15,18,23-26,28-36,38-40H2,1-10H3,(H,74,82)(H,76,83)(H,77,86)(H,78,88)(H,79,89)/t42-,43+,47-,48-,49+,59-,60-,61+/m0/s1. The van der Waals surface area contributed by atoms with Crippen molar-refractivity contribution in [3.05, 3.63) is 111 Å². The maximum absolute atomic E-state index is 14.6. The van der Waals surface area contributed by atoms with Gasteiger partial charge in [0.1, 0.15) is 23.2 Å². The van der Waals surface area contributed by atoms with E-state index in [1.54, 1.807) is 68.3 Å². The van der Waals surface area contributed by atoms with Crippen LogP contribution in [0.2, 0.25) is 0 Å². The van der Waals surface area contributed by atoms with Crippen molar-refractivity contribution in [1.29, 1.82) is 0 Å².